The fraction of sp³-hybridized carbons (Fsp3) is 0.385. The summed E-state index contributed by atoms with van der Waals surface area (Å²) in [4.78, 5) is 16.0. The van der Waals surface area contributed by atoms with E-state index in [0.717, 1.165) is 0 Å². The van der Waals surface area contributed by atoms with Gasteiger partial charge in [0.25, 0.3) is 5.91 Å². The topological polar surface area (TPSA) is 47.3 Å². The molecule has 0 unspecified atom stereocenters. The van der Waals surface area contributed by atoms with E-state index in [0.29, 0.717) is 42.8 Å². The Bertz CT molecular complexity index is 521. The van der Waals surface area contributed by atoms with Gasteiger partial charge < -0.3 is 4.90 Å². The number of nitriles is 1. The third-order valence-corrected chi connectivity index (χ3v) is 3.73. The highest BCUT2D eigenvalue weighted by Crippen LogP contribution is 2.18. The molecular weight excluding hydrogens is 313 g/mol. The van der Waals surface area contributed by atoms with E-state index in [2.05, 4.69) is 22.0 Å². The van der Waals surface area contributed by atoms with Crippen molar-refractivity contribution in [3.8, 4) is 6.07 Å². The van der Waals surface area contributed by atoms with Crippen LogP contribution in [0.25, 0.3) is 0 Å². The van der Waals surface area contributed by atoms with Crippen LogP contribution < -0.4 is 0 Å². The van der Waals surface area contributed by atoms with Crippen molar-refractivity contribution in [2.75, 3.05) is 32.7 Å². The largest absolute Gasteiger partial charge is 0.336 e. The number of halogens is 2. The molecule has 2 rings (SSSR count). The summed E-state index contributed by atoms with van der Waals surface area (Å²) in [5, 5.41) is 8.62. The number of carbonyl (C=O) groups excluding carboxylic acids is 1. The fourth-order valence-electron chi connectivity index (χ4n) is 2.02. The zero-order valence-electron chi connectivity index (χ0n) is 10.3. The predicted molar refractivity (Wildman–Crippen MR) is 72.1 cm³/mol. The smallest absolute Gasteiger partial charge is 0.253 e. The van der Waals surface area contributed by atoms with Gasteiger partial charge in [-0.05, 0) is 34.1 Å². The first kappa shape index (κ1) is 14.0. The molecule has 0 bridgehead atoms. The lowest BCUT2D eigenvalue weighted by Crippen LogP contribution is -2.48. The number of amides is 1. The van der Waals surface area contributed by atoms with Crippen LogP contribution in [0.2, 0.25) is 0 Å². The first-order valence-electron chi connectivity index (χ1n) is 5.95. The molecule has 0 spiro atoms. The summed E-state index contributed by atoms with van der Waals surface area (Å²) in [6, 6.07) is 6.37. The van der Waals surface area contributed by atoms with E-state index in [4.69, 9.17) is 5.26 Å². The van der Waals surface area contributed by atoms with E-state index < -0.39 is 0 Å². The highest BCUT2D eigenvalue weighted by Gasteiger charge is 2.22. The van der Waals surface area contributed by atoms with Crippen molar-refractivity contribution in [2.45, 2.75) is 0 Å². The summed E-state index contributed by atoms with van der Waals surface area (Å²) in [6.07, 6.45) is 0. The molecule has 100 valence electrons. The molecule has 1 aromatic carbocycles. The van der Waals surface area contributed by atoms with E-state index in [-0.39, 0.29) is 11.7 Å². The maximum atomic E-state index is 13.1. The lowest BCUT2D eigenvalue weighted by Gasteiger charge is -2.33. The molecule has 1 saturated heterocycles. The summed E-state index contributed by atoms with van der Waals surface area (Å²) in [5.74, 6) is -0.479. The van der Waals surface area contributed by atoms with Crippen molar-refractivity contribution in [3.05, 3.63) is 34.1 Å². The van der Waals surface area contributed by atoms with E-state index in [1.807, 2.05) is 4.90 Å². The van der Waals surface area contributed by atoms with Crippen LogP contribution in [0.4, 0.5) is 4.39 Å². The molecular formula is C13H13BrFN3O. The van der Waals surface area contributed by atoms with Gasteiger partial charge in [0, 0.05) is 31.7 Å². The summed E-state index contributed by atoms with van der Waals surface area (Å²) in [7, 11) is 0. The number of hydrogen-bond donors (Lipinski definition) is 0. The molecule has 1 aromatic rings. The van der Waals surface area contributed by atoms with Gasteiger partial charge in [0.15, 0.2) is 0 Å². The van der Waals surface area contributed by atoms with Crippen molar-refractivity contribution in [2.24, 2.45) is 0 Å². The van der Waals surface area contributed by atoms with Gasteiger partial charge in [0.2, 0.25) is 0 Å². The Hall–Kier alpha value is -1.45. The average molecular weight is 326 g/mol. The molecule has 19 heavy (non-hydrogen) atoms. The molecule has 1 fully saturated rings. The third-order valence-electron chi connectivity index (χ3n) is 3.12. The van der Waals surface area contributed by atoms with Crippen LogP contribution >= 0.6 is 15.9 Å². The van der Waals surface area contributed by atoms with Crippen molar-refractivity contribution in [1.82, 2.24) is 9.80 Å². The Labute approximate surface area is 119 Å². The van der Waals surface area contributed by atoms with E-state index >= 15 is 0 Å². The quantitative estimate of drug-likeness (QED) is 0.780. The van der Waals surface area contributed by atoms with Crippen LogP contribution in [0.5, 0.6) is 0 Å². The Balaban J connectivity index is 2.01. The van der Waals surface area contributed by atoms with Crippen molar-refractivity contribution in [1.29, 1.82) is 5.26 Å². The fourth-order valence-corrected chi connectivity index (χ4v) is 2.40. The normalized spacial score (nSPS) is 16.2. The van der Waals surface area contributed by atoms with Crippen LogP contribution in [0.3, 0.4) is 0 Å². The van der Waals surface area contributed by atoms with E-state index in [9.17, 15) is 9.18 Å². The van der Waals surface area contributed by atoms with Crippen molar-refractivity contribution in [3.63, 3.8) is 0 Å². The minimum Gasteiger partial charge on any atom is -0.336 e. The van der Waals surface area contributed by atoms with Gasteiger partial charge in [-0.3, -0.25) is 9.69 Å². The highest BCUT2D eigenvalue weighted by atomic mass is 79.9. The zero-order chi connectivity index (χ0) is 13.8. The SMILES string of the molecule is N#CCN1CCN(C(=O)c2ccc(F)c(Br)c2)CC1. The van der Waals surface area contributed by atoms with Crippen molar-refractivity contribution >= 4 is 21.8 Å². The number of nitrogens with zero attached hydrogens (tertiary/aromatic N) is 3. The molecule has 0 N–H and O–H groups in total. The standard InChI is InChI=1S/C13H13BrFN3O/c14-11-9-10(1-2-12(11)15)13(19)18-7-5-17(4-3-16)6-8-18/h1-2,9H,4-8H2. The highest BCUT2D eigenvalue weighted by molar-refractivity contribution is 9.10. The molecule has 6 heteroatoms. The van der Waals surface area contributed by atoms with Crippen LogP contribution in [0, 0.1) is 17.1 Å². The third kappa shape index (κ3) is 3.31. The number of piperazine rings is 1. The number of hydrogen-bond acceptors (Lipinski definition) is 3. The van der Waals surface area contributed by atoms with Crippen LogP contribution in [-0.2, 0) is 0 Å². The van der Waals surface area contributed by atoms with E-state index in [1.54, 1.807) is 4.90 Å². The number of benzene rings is 1. The summed E-state index contributed by atoms with van der Waals surface area (Å²) in [6.45, 7) is 2.97. The van der Waals surface area contributed by atoms with Gasteiger partial charge in [-0.2, -0.15) is 5.26 Å². The number of rotatable bonds is 2. The second kappa shape index (κ2) is 6.13. The Kier molecular flexibility index (Phi) is 4.51. The monoisotopic (exact) mass is 325 g/mol. The van der Waals surface area contributed by atoms with Crippen LogP contribution in [-0.4, -0.2) is 48.4 Å². The minimum absolute atomic E-state index is 0.0997. The molecule has 0 saturated carbocycles. The van der Waals surface area contributed by atoms with Gasteiger partial charge in [-0.1, -0.05) is 0 Å². The second-order valence-electron chi connectivity index (χ2n) is 4.36. The lowest BCUT2D eigenvalue weighted by molar-refractivity contribution is 0.0651. The van der Waals surface area contributed by atoms with Gasteiger partial charge >= 0.3 is 0 Å². The first-order chi connectivity index (χ1) is 9.11. The molecule has 1 amide bonds. The molecule has 0 radical (unpaired) electrons. The minimum atomic E-state index is -0.379. The van der Waals surface area contributed by atoms with Gasteiger partial charge in [0.1, 0.15) is 5.82 Å². The van der Waals surface area contributed by atoms with Crippen LogP contribution in [0.15, 0.2) is 22.7 Å². The summed E-state index contributed by atoms with van der Waals surface area (Å²) < 4.78 is 13.4. The van der Waals surface area contributed by atoms with E-state index in [1.165, 1.54) is 18.2 Å². The second-order valence-corrected chi connectivity index (χ2v) is 5.21. The summed E-state index contributed by atoms with van der Waals surface area (Å²) in [5.41, 5.74) is 0.474. The predicted octanol–water partition coefficient (Wildman–Crippen LogP) is 1.87. The molecule has 1 heterocycles. The molecule has 1 aliphatic rings. The Morgan fingerprint density at radius 1 is 1.37 bits per heavy atom. The molecule has 0 aliphatic carbocycles. The molecule has 0 aromatic heterocycles. The van der Waals surface area contributed by atoms with Gasteiger partial charge in [0.05, 0.1) is 17.1 Å². The maximum absolute atomic E-state index is 13.1. The van der Waals surface area contributed by atoms with Crippen LogP contribution in [0.1, 0.15) is 10.4 Å². The molecule has 0 atom stereocenters. The maximum Gasteiger partial charge on any atom is 0.253 e. The van der Waals surface area contributed by atoms with Crippen molar-refractivity contribution < 1.29 is 9.18 Å². The number of carbonyl (C=O) groups is 1. The van der Waals surface area contributed by atoms with Gasteiger partial charge in [-0.25, -0.2) is 4.39 Å². The molecule has 4 nitrogen and oxygen atoms in total. The first-order valence-corrected chi connectivity index (χ1v) is 6.75. The average Bonchev–Trinajstić information content (AvgIpc) is 2.42. The Morgan fingerprint density at radius 2 is 2.05 bits per heavy atom. The zero-order valence-corrected chi connectivity index (χ0v) is 11.9. The Morgan fingerprint density at radius 3 is 2.63 bits per heavy atom. The molecule has 1 aliphatic heterocycles. The lowest BCUT2D eigenvalue weighted by atomic mass is 10.2. The summed E-state index contributed by atoms with van der Waals surface area (Å²) >= 11 is 3.08. The van der Waals surface area contributed by atoms with Gasteiger partial charge in [-0.15, -0.1) is 0 Å².